The molecule has 0 bridgehead atoms. The van der Waals surface area contributed by atoms with Gasteiger partial charge in [0.15, 0.2) is 0 Å². The van der Waals surface area contributed by atoms with E-state index in [1.54, 1.807) is 11.3 Å². The number of amides is 2. The summed E-state index contributed by atoms with van der Waals surface area (Å²) in [5, 5.41) is 6.35. The smallest absolute Gasteiger partial charge is 0.252 e. The van der Waals surface area contributed by atoms with E-state index in [9.17, 15) is 9.59 Å². The van der Waals surface area contributed by atoms with Gasteiger partial charge in [-0.2, -0.15) is 0 Å². The molecule has 1 aliphatic rings. The van der Waals surface area contributed by atoms with Gasteiger partial charge >= 0.3 is 0 Å². The Morgan fingerprint density at radius 2 is 2.21 bits per heavy atom. The quantitative estimate of drug-likeness (QED) is 0.875. The van der Waals surface area contributed by atoms with Crippen molar-refractivity contribution in [1.82, 2.24) is 4.90 Å². The van der Waals surface area contributed by atoms with E-state index < -0.39 is 6.04 Å². The fourth-order valence-electron chi connectivity index (χ4n) is 2.39. The number of anilines is 1. The van der Waals surface area contributed by atoms with E-state index in [1.165, 1.54) is 9.60 Å². The number of benzene rings is 1. The molecular weight excluding hydrogens is 260 g/mol. The SMILES string of the molecule is CCN1C(=O)CC(Nc2ccc3sccc3c2)C1=O. The van der Waals surface area contributed by atoms with Crippen molar-refractivity contribution in [3.8, 4) is 0 Å². The molecule has 1 atom stereocenters. The van der Waals surface area contributed by atoms with Gasteiger partial charge in [0.25, 0.3) is 5.91 Å². The maximum absolute atomic E-state index is 12.0. The van der Waals surface area contributed by atoms with Crippen molar-refractivity contribution in [2.75, 3.05) is 11.9 Å². The highest BCUT2D eigenvalue weighted by molar-refractivity contribution is 7.17. The van der Waals surface area contributed by atoms with Crippen molar-refractivity contribution in [2.45, 2.75) is 19.4 Å². The summed E-state index contributed by atoms with van der Waals surface area (Å²) in [4.78, 5) is 25.0. The normalized spacial score (nSPS) is 19.4. The molecule has 0 saturated carbocycles. The summed E-state index contributed by atoms with van der Waals surface area (Å²) in [6.07, 6.45) is 0.244. The molecule has 1 saturated heterocycles. The van der Waals surface area contributed by atoms with Gasteiger partial charge in [0, 0.05) is 16.9 Å². The molecule has 2 aromatic rings. The van der Waals surface area contributed by atoms with Crippen LogP contribution in [0.5, 0.6) is 0 Å². The fourth-order valence-corrected chi connectivity index (χ4v) is 3.16. The molecule has 0 radical (unpaired) electrons. The minimum Gasteiger partial charge on any atom is -0.373 e. The van der Waals surface area contributed by atoms with Gasteiger partial charge in [-0.15, -0.1) is 11.3 Å². The minimum atomic E-state index is -0.427. The summed E-state index contributed by atoms with van der Waals surface area (Å²) < 4.78 is 1.22. The molecule has 1 aromatic heterocycles. The molecule has 98 valence electrons. The lowest BCUT2D eigenvalue weighted by Gasteiger charge is -2.14. The predicted octanol–water partition coefficient (Wildman–Crippen LogP) is 2.46. The van der Waals surface area contributed by atoms with E-state index in [0.29, 0.717) is 6.54 Å². The van der Waals surface area contributed by atoms with Crippen molar-refractivity contribution in [2.24, 2.45) is 0 Å². The van der Waals surface area contributed by atoms with Crippen LogP contribution in [0, 0.1) is 0 Å². The second-order valence-corrected chi connectivity index (χ2v) is 5.50. The number of thiophene rings is 1. The third kappa shape index (κ3) is 2.10. The van der Waals surface area contributed by atoms with Crippen LogP contribution in [-0.4, -0.2) is 29.3 Å². The van der Waals surface area contributed by atoms with Crippen molar-refractivity contribution in [3.05, 3.63) is 29.6 Å². The molecule has 0 spiro atoms. The first-order valence-corrected chi connectivity index (χ1v) is 7.15. The summed E-state index contributed by atoms with van der Waals surface area (Å²) in [6.45, 7) is 2.26. The highest BCUT2D eigenvalue weighted by Crippen LogP contribution is 2.25. The lowest BCUT2D eigenvalue weighted by atomic mass is 10.2. The molecule has 1 fully saturated rings. The van der Waals surface area contributed by atoms with Crippen LogP contribution in [0.25, 0.3) is 10.1 Å². The van der Waals surface area contributed by atoms with Crippen LogP contribution in [-0.2, 0) is 9.59 Å². The Hall–Kier alpha value is -1.88. The summed E-state index contributed by atoms with van der Waals surface area (Å²) >= 11 is 1.69. The topological polar surface area (TPSA) is 49.4 Å². The predicted molar refractivity (Wildman–Crippen MR) is 76.2 cm³/mol. The zero-order valence-corrected chi connectivity index (χ0v) is 11.4. The summed E-state index contributed by atoms with van der Waals surface area (Å²) in [7, 11) is 0. The van der Waals surface area contributed by atoms with Gasteiger partial charge in [0.05, 0.1) is 6.42 Å². The fraction of sp³-hybridized carbons (Fsp3) is 0.286. The van der Waals surface area contributed by atoms with Gasteiger partial charge in [-0.05, 0) is 42.0 Å². The zero-order chi connectivity index (χ0) is 13.4. The summed E-state index contributed by atoms with van der Waals surface area (Å²) in [5.41, 5.74) is 0.884. The van der Waals surface area contributed by atoms with Crippen LogP contribution in [0.2, 0.25) is 0 Å². The maximum Gasteiger partial charge on any atom is 0.252 e. The molecule has 4 nitrogen and oxygen atoms in total. The Morgan fingerprint density at radius 3 is 2.95 bits per heavy atom. The van der Waals surface area contributed by atoms with Crippen molar-refractivity contribution >= 4 is 38.9 Å². The first-order chi connectivity index (χ1) is 9.19. The van der Waals surface area contributed by atoms with Gasteiger partial charge in [-0.1, -0.05) is 0 Å². The Bertz CT molecular complexity index is 650. The lowest BCUT2D eigenvalue weighted by Crippen LogP contribution is -2.34. The number of hydrogen-bond donors (Lipinski definition) is 1. The Labute approximate surface area is 115 Å². The highest BCUT2D eigenvalue weighted by Gasteiger charge is 2.37. The minimum absolute atomic E-state index is 0.0957. The first-order valence-electron chi connectivity index (χ1n) is 6.27. The molecule has 0 aliphatic carbocycles. The van der Waals surface area contributed by atoms with E-state index in [2.05, 4.69) is 5.32 Å². The van der Waals surface area contributed by atoms with Crippen molar-refractivity contribution in [3.63, 3.8) is 0 Å². The molecule has 1 N–H and O–H groups in total. The van der Waals surface area contributed by atoms with Crippen molar-refractivity contribution in [1.29, 1.82) is 0 Å². The van der Waals surface area contributed by atoms with Crippen LogP contribution >= 0.6 is 11.3 Å². The zero-order valence-electron chi connectivity index (χ0n) is 10.6. The number of likely N-dealkylation sites (N-methyl/N-ethyl adjacent to an activating group) is 1. The van der Waals surface area contributed by atoms with E-state index in [4.69, 9.17) is 0 Å². The Balaban J connectivity index is 1.81. The Kier molecular flexibility index (Phi) is 2.98. The number of likely N-dealkylation sites (tertiary alicyclic amines) is 1. The van der Waals surface area contributed by atoms with E-state index in [-0.39, 0.29) is 18.2 Å². The number of carbonyl (C=O) groups excluding carboxylic acids is 2. The molecule has 1 aromatic carbocycles. The van der Waals surface area contributed by atoms with Gasteiger partial charge in [0.1, 0.15) is 6.04 Å². The van der Waals surface area contributed by atoms with Gasteiger partial charge in [0.2, 0.25) is 5.91 Å². The average molecular weight is 274 g/mol. The molecule has 2 amide bonds. The standard InChI is InChI=1S/C14H14N2O2S/c1-2-16-13(17)8-11(14(16)18)15-10-3-4-12-9(7-10)5-6-19-12/h3-7,11,15H,2,8H2,1H3. The average Bonchev–Trinajstić information content (AvgIpc) is 2.95. The molecule has 1 unspecified atom stereocenters. The van der Waals surface area contributed by atoms with Gasteiger partial charge in [-0.25, -0.2) is 0 Å². The summed E-state index contributed by atoms with van der Waals surface area (Å²) in [5.74, 6) is -0.223. The number of hydrogen-bond acceptors (Lipinski definition) is 4. The van der Waals surface area contributed by atoms with Crippen LogP contribution < -0.4 is 5.32 Å². The van der Waals surface area contributed by atoms with Crippen LogP contribution in [0.1, 0.15) is 13.3 Å². The second kappa shape index (κ2) is 4.66. The number of nitrogens with one attached hydrogen (secondary N) is 1. The first kappa shape index (κ1) is 12.2. The molecule has 5 heteroatoms. The maximum atomic E-state index is 12.0. The van der Waals surface area contributed by atoms with Crippen LogP contribution in [0.15, 0.2) is 29.6 Å². The number of rotatable bonds is 3. The van der Waals surface area contributed by atoms with Crippen molar-refractivity contribution < 1.29 is 9.59 Å². The Morgan fingerprint density at radius 1 is 1.37 bits per heavy atom. The molecular formula is C14H14N2O2S. The molecule has 2 heterocycles. The summed E-state index contributed by atoms with van der Waals surface area (Å²) in [6, 6.07) is 7.61. The third-order valence-corrected chi connectivity index (χ3v) is 4.25. The van der Waals surface area contributed by atoms with Crippen LogP contribution in [0.4, 0.5) is 5.69 Å². The largest absolute Gasteiger partial charge is 0.373 e. The van der Waals surface area contributed by atoms with Gasteiger partial charge < -0.3 is 5.32 Å². The van der Waals surface area contributed by atoms with E-state index >= 15 is 0 Å². The molecule has 19 heavy (non-hydrogen) atoms. The third-order valence-electron chi connectivity index (χ3n) is 3.35. The number of imide groups is 1. The molecule has 1 aliphatic heterocycles. The van der Waals surface area contributed by atoms with E-state index in [1.807, 2.05) is 36.6 Å². The number of nitrogens with zero attached hydrogens (tertiary/aromatic N) is 1. The van der Waals surface area contributed by atoms with E-state index in [0.717, 1.165) is 11.1 Å². The number of carbonyl (C=O) groups is 2. The second-order valence-electron chi connectivity index (χ2n) is 4.55. The highest BCUT2D eigenvalue weighted by atomic mass is 32.1. The van der Waals surface area contributed by atoms with Crippen LogP contribution in [0.3, 0.4) is 0 Å². The monoisotopic (exact) mass is 274 g/mol. The molecule has 3 rings (SSSR count). The lowest BCUT2D eigenvalue weighted by molar-refractivity contribution is -0.138. The van der Waals surface area contributed by atoms with Gasteiger partial charge in [-0.3, -0.25) is 14.5 Å². The number of fused-ring (bicyclic) bond motifs is 1.